The SMILES string of the molecule is NCCOCCCNC(=O)CC1CCCC1. The fourth-order valence-corrected chi connectivity index (χ4v) is 2.14. The highest BCUT2D eigenvalue weighted by Gasteiger charge is 2.17. The summed E-state index contributed by atoms with van der Waals surface area (Å²) in [6.07, 6.45) is 6.63. The van der Waals surface area contributed by atoms with E-state index in [4.69, 9.17) is 10.5 Å². The molecule has 94 valence electrons. The molecule has 1 amide bonds. The molecule has 1 aliphatic carbocycles. The molecule has 0 spiro atoms. The Labute approximate surface area is 97.9 Å². The maximum Gasteiger partial charge on any atom is 0.220 e. The van der Waals surface area contributed by atoms with Gasteiger partial charge in [-0.25, -0.2) is 0 Å². The molecule has 0 bridgehead atoms. The van der Waals surface area contributed by atoms with Crippen molar-refractivity contribution >= 4 is 5.91 Å². The van der Waals surface area contributed by atoms with Crippen LogP contribution in [0.25, 0.3) is 0 Å². The van der Waals surface area contributed by atoms with Crippen LogP contribution in [0, 0.1) is 5.92 Å². The van der Waals surface area contributed by atoms with Crippen molar-refractivity contribution in [1.82, 2.24) is 5.32 Å². The van der Waals surface area contributed by atoms with E-state index in [0.29, 0.717) is 32.1 Å². The Morgan fingerprint density at radius 2 is 2.06 bits per heavy atom. The van der Waals surface area contributed by atoms with Gasteiger partial charge in [-0.1, -0.05) is 12.8 Å². The molecule has 3 N–H and O–H groups in total. The predicted molar refractivity (Wildman–Crippen MR) is 64.1 cm³/mol. The number of rotatable bonds is 8. The molecular weight excluding hydrogens is 204 g/mol. The van der Waals surface area contributed by atoms with Crippen molar-refractivity contribution in [3.05, 3.63) is 0 Å². The van der Waals surface area contributed by atoms with Gasteiger partial charge in [0.2, 0.25) is 5.91 Å². The molecule has 0 atom stereocenters. The Morgan fingerprint density at radius 3 is 2.75 bits per heavy atom. The number of ether oxygens (including phenoxy) is 1. The first kappa shape index (κ1) is 13.5. The van der Waals surface area contributed by atoms with Crippen LogP contribution < -0.4 is 11.1 Å². The van der Waals surface area contributed by atoms with E-state index in [2.05, 4.69) is 5.32 Å². The average Bonchev–Trinajstić information content (AvgIpc) is 2.76. The quantitative estimate of drug-likeness (QED) is 0.610. The average molecular weight is 228 g/mol. The Balaban J connectivity index is 1.89. The molecule has 0 unspecified atom stereocenters. The van der Waals surface area contributed by atoms with Crippen molar-refractivity contribution in [2.75, 3.05) is 26.3 Å². The van der Waals surface area contributed by atoms with Gasteiger partial charge in [0, 0.05) is 26.1 Å². The minimum atomic E-state index is 0.200. The van der Waals surface area contributed by atoms with Gasteiger partial charge < -0.3 is 15.8 Å². The van der Waals surface area contributed by atoms with Crippen LogP contribution in [0.5, 0.6) is 0 Å². The number of hydrogen-bond acceptors (Lipinski definition) is 3. The second kappa shape index (κ2) is 8.53. The zero-order valence-corrected chi connectivity index (χ0v) is 10.0. The van der Waals surface area contributed by atoms with Gasteiger partial charge in [0.25, 0.3) is 0 Å². The van der Waals surface area contributed by atoms with E-state index in [9.17, 15) is 4.79 Å². The van der Waals surface area contributed by atoms with Gasteiger partial charge in [0.1, 0.15) is 0 Å². The second-order valence-corrected chi connectivity index (χ2v) is 4.46. The minimum Gasteiger partial charge on any atom is -0.380 e. The smallest absolute Gasteiger partial charge is 0.220 e. The lowest BCUT2D eigenvalue weighted by molar-refractivity contribution is -0.122. The number of carbonyl (C=O) groups excluding carboxylic acids is 1. The van der Waals surface area contributed by atoms with Gasteiger partial charge in [-0.3, -0.25) is 4.79 Å². The van der Waals surface area contributed by atoms with Crippen LogP contribution in [0.2, 0.25) is 0 Å². The molecule has 0 radical (unpaired) electrons. The fourth-order valence-electron chi connectivity index (χ4n) is 2.14. The third-order valence-electron chi connectivity index (χ3n) is 3.00. The first-order valence-electron chi connectivity index (χ1n) is 6.37. The molecule has 0 heterocycles. The van der Waals surface area contributed by atoms with Crippen molar-refractivity contribution in [1.29, 1.82) is 0 Å². The molecule has 1 fully saturated rings. The van der Waals surface area contributed by atoms with Crippen molar-refractivity contribution in [3.63, 3.8) is 0 Å². The number of carbonyl (C=O) groups is 1. The van der Waals surface area contributed by atoms with E-state index >= 15 is 0 Å². The van der Waals surface area contributed by atoms with Gasteiger partial charge >= 0.3 is 0 Å². The lowest BCUT2D eigenvalue weighted by Crippen LogP contribution is -2.26. The molecule has 1 saturated carbocycles. The largest absolute Gasteiger partial charge is 0.380 e. The zero-order chi connectivity index (χ0) is 11.6. The van der Waals surface area contributed by atoms with E-state index in [1.807, 2.05) is 0 Å². The maximum absolute atomic E-state index is 11.5. The van der Waals surface area contributed by atoms with Crippen molar-refractivity contribution in [2.24, 2.45) is 11.7 Å². The normalized spacial score (nSPS) is 16.6. The third-order valence-corrected chi connectivity index (χ3v) is 3.00. The monoisotopic (exact) mass is 228 g/mol. The fraction of sp³-hybridized carbons (Fsp3) is 0.917. The first-order valence-corrected chi connectivity index (χ1v) is 6.37. The standard InChI is InChI=1S/C12H24N2O2/c13-6-9-16-8-3-7-14-12(15)10-11-4-1-2-5-11/h11H,1-10,13H2,(H,14,15). The van der Waals surface area contributed by atoms with Crippen LogP contribution in [0.1, 0.15) is 38.5 Å². The Morgan fingerprint density at radius 1 is 1.31 bits per heavy atom. The van der Waals surface area contributed by atoms with Crippen LogP contribution in [0.15, 0.2) is 0 Å². The highest BCUT2D eigenvalue weighted by molar-refractivity contribution is 5.76. The second-order valence-electron chi connectivity index (χ2n) is 4.46. The summed E-state index contributed by atoms with van der Waals surface area (Å²) >= 11 is 0. The first-order chi connectivity index (χ1) is 7.83. The van der Waals surface area contributed by atoms with Gasteiger partial charge in [0.15, 0.2) is 0 Å². The van der Waals surface area contributed by atoms with E-state index < -0.39 is 0 Å². The summed E-state index contributed by atoms with van der Waals surface area (Å²) in [5.74, 6) is 0.833. The summed E-state index contributed by atoms with van der Waals surface area (Å²) in [5.41, 5.74) is 5.29. The van der Waals surface area contributed by atoms with Crippen LogP contribution in [-0.2, 0) is 9.53 Å². The lowest BCUT2D eigenvalue weighted by Gasteiger charge is -2.09. The van der Waals surface area contributed by atoms with Crippen molar-refractivity contribution in [3.8, 4) is 0 Å². The number of amides is 1. The van der Waals surface area contributed by atoms with Crippen LogP contribution >= 0.6 is 0 Å². The molecule has 1 rings (SSSR count). The predicted octanol–water partition coefficient (Wildman–Crippen LogP) is 1.05. The molecule has 16 heavy (non-hydrogen) atoms. The molecule has 0 aromatic carbocycles. The van der Waals surface area contributed by atoms with Gasteiger partial charge in [-0.15, -0.1) is 0 Å². The maximum atomic E-state index is 11.5. The minimum absolute atomic E-state index is 0.200. The Bertz CT molecular complexity index is 191. The van der Waals surface area contributed by atoms with E-state index in [-0.39, 0.29) is 5.91 Å². The van der Waals surface area contributed by atoms with Crippen molar-refractivity contribution in [2.45, 2.75) is 38.5 Å². The molecule has 0 aromatic heterocycles. The van der Waals surface area contributed by atoms with E-state index in [1.165, 1.54) is 25.7 Å². The highest BCUT2D eigenvalue weighted by Crippen LogP contribution is 2.27. The molecule has 0 aliphatic heterocycles. The summed E-state index contributed by atoms with van der Waals surface area (Å²) < 4.78 is 5.22. The number of nitrogens with two attached hydrogens (primary N) is 1. The Hall–Kier alpha value is -0.610. The van der Waals surface area contributed by atoms with Gasteiger partial charge in [-0.2, -0.15) is 0 Å². The molecule has 1 aliphatic rings. The summed E-state index contributed by atoms with van der Waals surface area (Å²) in [6.45, 7) is 2.57. The van der Waals surface area contributed by atoms with Crippen LogP contribution in [-0.4, -0.2) is 32.2 Å². The summed E-state index contributed by atoms with van der Waals surface area (Å²) in [6, 6.07) is 0. The van der Waals surface area contributed by atoms with E-state index in [1.54, 1.807) is 0 Å². The summed E-state index contributed by atoms with van der Waals surface area (Å²) in [4.78, 5) is 11.5. The summed E-state index contributed by atoms with van der Waals surface area (Å²) in [5, 5.41) is 2.94. The van der Waals surface area contributed by atoms with E-state index in [0.717, 1.165) is 13.0 Å². The number of hydrogen-bond donors (Lipinski definition) is 2. The number of nitrogens with one attached hydrogen (secondary N) is 1. The van der Waals surface area contributed by atoms with Crippen LogP contribution in [0.3, 0.4) is 0 Å². The molecule has 0 saturated heterocycles. The van der Waals surface area contributed by atoms with Gasteiger partial charge in [0.05, 0.1) is 6.61 Å². The third kappa shape index (κ3) is 6.08. The lowest BCUT2D eigenvalue weighted by atomic mass is 10.0. The topological polar surface area (TPSA) is 64.3 Å². The molecular formula is C12H24N2O2. The zero-order valence-electron chi connectivity index (χ0n) is 10.0. The summed E-state index contributed by atoms with van der Waals surface area (Å²) in [7, 11) is 0. The Kier molecular flexibility index (Phi) is 7.17. The molecule has 0 aromatic rings. The van der Waals surface area contributed by atoms with Crippen LogP contribution in [0.4, 0.5) is 0 Å². The van der Waals surface area contributed by atoms with Crippen molar-refractivity contribution < 1.29 is 9.53 Å². The molecule has 4 nitrogen and oxygen atoms in total. The van der Waals surface area contributed by atoms with Gasteiger partial charge in [-0.05, 0) is 25.2 Å². The molecule has 4 heteroatoms. The highest BCUT2D eigenvalue weighted by atomic mass is 16.5.